The minimum absolute atomic E-state index is 0.437. The monoisotopic (exact) mass is 974 g/mol. The van der Waals surface area contributed by atoms with Crippen molar-refractivity contribution in [1.82, 2.24) is 0 Å². The van der Waals surface area contributed by atoms with Gasteiger partial charge in [-0.3, -0.25) is 4.79 Å². The summed E-state index contributed by atoms with van der Waals surface area (Å²) in [5, 5.41) is 2.31. The fourth-order valence-electron chi connectivity index (χ4n) is 9.52. The molecule has 3 fully saturated rings. The van der Waals surface area contributed by atoms with E-state index in [-0.39, 0.29) is 0 Å². The molecule has 3 saturated carbocycles. The summed E-state index contributed by atoms with van der Waals surface area (Å²) in [5.41, 5.74) is -14.3. The Hall–Kier alpha value is -4.44. The highest BCUT2D eigenvalue weighted by atomic mass is 32.2. The van der Waals surface area contributed by atoms with Crippen molar-refractivity contribution in [3.05, 3.63) is 116 Å². The molecule has 3 aliphatic rings. The quantitative estimate of drug-likeness (QED) is 0.0593. The molecule has 4 aromatic rings. The molecular formula is C42H31BF20OS. The van der Waals surface area contributed by atoms with Crippen molar-refractivity contribution in [2.45, 2.75) is 106 Å². The number of hydrogen-bond acceptors (Lipinski definition) is 1. The molecule has 1 nitrogen and oxygen atoms in total. The molecule has 3 aliphatic carbocycles. The topological polar surface area (TPSA) is 17.1 Å². The van der Waals surface area contributed by atoms with E-state index in [2.05, 4.69) is 0 Å². The van der Waals surface area contributed by atoms with E-state index in [9.17, 15) is 57.5 Å². The molecule has 0 aromatic heterocycles. The van der Waals surface area contributed by atoms with Crippen LogP contribution in [0.1, 0.15) is 89.9 Å². The van der Waals surface area contributed by atoms with Gasteiger partial charge in [-0.15, -0.1) is 21.9 Å². The van der Waals surface area contributed by atoms with Crippen LogP contribution in [0, 0.1) is 116 Å². The van der Waals surface area contributed by atoms with Crippen LogP contribution in [0.4, 0.5) is 87.8 Å². The maximum absolute atomic E-state index is 15.4. The normalized spacial score (nSPS) is 17.8. The standard InChI is InChI=1S/C24BF20.C18H31OS/c26-5-1(6(27)14(35)21(42)13(5)34)25(2-7(28)15(36)22(43)16(37)8(2)29,3-9(30)17(38)23(44)18(39)10(3)31)4-11(32)19(40)24(45)20(41)12(4)33;19-17-13-7-8-14-18(17)20(15-9-3-1-4-10-15)16-11-5-2-6-12-16/h;15-16,18H,1-14H2/q-1;+1. The van der Waals surface area contributed by atoms with Crippen molar-refractivity contribution in [2.75, 3.05) is 0 Å². The van der Waals surface area contributed by atoms with Gasteiger partial charge in [-0.1, -0.05) is 12.8 Å². The van der Waals surface area contributed by atoms with Crippen LogP contribution in [-0.4, -0.2) is 27.7 Å². The highest BCUT2D eigenvalue weighted by Crippen LogP contribution is 2.40. The highest BCUT2D eigenvalue weighted by molar-refractivity contribution is 7.99. The van der Waals surface area contributed by atoms with Crippen molar-refractivity contribution in [1.29, 1.82) is 0 Å². The van der Waals surface area contributed by atoms with E-state index in [0.29, 0.717) is 21.9 Å². The minimum atomic E-state index is -7.22. The van der Waals surface area contributed by atoms with E-state index >= 15 is 35.1 Å². The Labute approximate surface area is 358 Å². The van der Waals surface area contributed by atoms with Crippen molar-refractivity contribution in [3.8, 4) is 0 Å². The summed E-state index contributed by atoms with van der Waals surface area (Å²) in [5.74, 6) is -70.8. The fourth-order valence-corrected chi connectivity index (χ4v) is 13.6. The molecule has 354 valence electrons. The average molecular weight is 975 g/mol. The predicted molar refractivity (Wildman–Crippen MR) is 198 cm³/mol. The van der Waals surface area contributed by atoms with Crippen molar-refractivity contribution in [3.63, 3.8) is 0 Å². The summed E-state index contributed by atoms with van der Waals surface area (Å²) in [6.45, 7) is 0. The second kappa shape index (κ2) is 19.4. The van der Waals surface area contributed by atoms with Gasteiger partial charge in [-0.05, 0) is 64.2 Å². The third-order valence-corrected chi connectivity index (χ3v) is 16.0. The predicted octanol–water partition coefficient (Wildman–Crippen LogP) is 10.6. The van der Waals surface area contributed by atoms with Gasteiger partial charge in [0, 0.05) is 23.7 Å². The highest BCUT2D eigenvalue weighted by Gasteiger charge is 2.53. The fraction of sp³-hybridized carbons (Fsp3) is 0.405. The van der Waals surface area contributed by atoms with E-state index in [4.69, 9.17) is 0 Å². The largest absolute Gasteiger partial charge is 0.294 e. The third-order valence-electron chi connectivity index (χ3n) is 12.4. The van der Waals surface area contributed by atoms with Gasteiger partial charge in [0.25, 0.3) is 0 Å². The minimum Gasteiger partial charge on any atom is -0.294 e. The van der Waals surface area contributed by atoms with Gasteiger partial charge >= 0.3 is 0 Å². The van der Waals surface area contributed by atoms with Gasteiger partial charge < -0.3 is 0 Å². The van der Waals surface area contributed by atoms with E-state index in [1.807, 2.05) is 0 Å². The van der Waals surface area contributed by atoms with Crippen molar-refractivity contribution < 1.29 is 92.6 Å². The lowest BCUT2D eigenvalue weighted by Crippen LogP contribution is -2.81. The van der Waals surface area contributed by atoms with Gasteiger partial charge in [0.2, 0.25) is 0 Å². The first-order valence-corrected chi connectivity index (χ1v) is 21.4. The summed E-state index contributed by atoms with van der Waals surface area (Å²) in [6.07, 6.45) is 11.7. The number of benzene rings is 4. The second-order valence-corrected chi connectivity index (χ2v) is 18.6. The molecule has 1 unspecified atom stereocenters. The Kier molecular flexibility index (Phi) is 14.9. The van der Waals surface area contributed by atoms with E-state index in [0.717, 1.165) is 16.9 Å². The van der Waals surface area contributed by atoms with Crippen molar-refractivity contribution >= 4 is 44.7 Å². The first-order valence-electron chi connectivity index (χ1n) is 20.0. The number of Topliss-reactive ketones (excluding diaryl/α,β-unsaturated/α-hetero) is 1. The number of halogens is 20. The van der Waals surface area contributed by atoms with Crippen LogP contribution in [-0.2, 0) is 15.7 Å². The Morgan fingerprint density at radius 2 is 0.508 bits per heavy atom. The molecule has 7 rings (SSSR count). The maximum Gasteiger partial charge on any atom is 0.200 e. The molecule has 0 aliphatic heterocycles. The van der Waals surface area contributed by atoms with Gasteiger partial charge in [0.15, 0.2) is 80.8 Å². The number of carbonyl (C=O) groups is 1. The molecule has 65 heavy (non-hydrogen) atoms. The van der Waals surface area contributed by atoms with Gasteiger partial charge in [-0.25, -0.2) is 87.8 Å². The van der Waals surface area contributed by atoms with Gasteiger partial charge in [0.05, 0.1) is 0 Å². The van der Waals surface area contributed by atoms with Crippen LogP contribution in [0.25, 0.3) is 0 Å². The zero-order chi connectivity index (χ0) is 48.1. The lowest BCUT2D eigenvalue weighted by atomic mass is 9.12. The molecule has 4 aromatic carbocycles. The van der Waals surface area contributed by atoms with E-state index in [1.165, 1.54) is 83.5 Å². The van der Waals surface area contributed by atoms with Gasteiger partial charge in [-0.2, -0.15) is 0 Å². The summed E-state index contributed by atoms with van der Waals surface area (Å²) < 4.78 is 294. The summed E-state index contributed by atoms with van der Waals surface area (Å²) >= 11 is 0. The van der Waals surface area contributed by atoms with Crippen LogP contribution in [0.2, 0.25) is 0 Å². The van der Waals surface area contributed by atoms with Gasteiger partial charge in [0.1, 0.15) is 63.2 Å². The van der Waals surface area contributed by atoms with Crippen LogP contribution in [0.15, 0.2) is 0 Å². The first kappa shape index (κ1) is 50.0. The summed E-state index contributed by atoms with van der Waals surface area (Å²) in [6, 6.07) is 0. The zero-order valence-corrected chi connectivity index (χ0v) is 33.9. The second-order valence-electron chi connectivity index (χ2n) is 15.9. The number of hydrogen-bond donors (Lipinski definition) is 0. The average Bonchev–Trinajstić information content (AvgIpc) is 3.30. The summed E-state index contributed by atoms with van der Waals surface area (Å²) in [4.78, 5) is 12.5. The number of rotatable bonds is 7. The van der Waals surface area contributed by atoms with Crippen LogP contribution >= 0.6 is 0 Å². The van der Waals surface area contributed by atoms with Crippen LogP contribution < -0.4 is 21.9 Å². The Morgan fingerprint density at radius 3 is 0.738 bits per heavy atom. The maximum atomic E-state index is 15.4. The smallest absolute Gasteiger partial charge is 0.200 e. The van der Waals surface area contributed by atoms with E-state index in [1.54, 1.807) is 0 Å². The van der Waals surface area contributed by atoms with Crippen LogP contribution in [0.5, 0.6) is 0 Å². The molecule has 23 heteroatoms. The molecular weight excluding hydrogens is 943 g/mol. The summed E-state index contributed by atoms with van der Waals surface area (Å²) in [7, 11) is 0.437. The number of ketones is 1. The lowest BCUT2D eigenvalue weighted by molar-refractivity contribution is -0.119. The van der Waals surface area contributed by atoms with E-state index < -0.39 is 144 Å². The molecule has 0 heterocycles. The Bertz CT molecular complexity index is 2120. The lowest BCUT2D eigenvalue weighted by Gasteiger charge is -2.44. The molecule has 0 radical (unpaired) electrons. The third kappa shape index (κ3) is 8.26. The van der Waals surface area contributed by atoms with Crippen LogP contribution in [0.3, 0.4) is 0 Å². The van der Waals surface area contributed by atoms with Crippen molar-refractivity contribution in [2.24, 2.45) is 0 Å². The number of carbonyl (C=O) groups excluding carboxylic acids is 1. The Balaban J connectivity index is 0.000000289. The molecule has 0 N–H and O–H groups in total. The zero-order valence-electron chi connectivity index (χ0n) is 33.1. The Morgan fingerprint density at radius 1 is 0.292 bits per heavy atom. The first-order chi connectivity index (χ1) is 30.6. The molecule has 0 amide bonds. The molecule has 1 atom stereocenters. The SMILES string of the molecule is Fc1c(F)c(F)c([B-](c2c(F)c(F)c(F)c(F)c2F)(c2c(F)c(F)c(F)c(F)c2F)c2c(F)c(F)c(F)c(F)c2F)c(F)c1F.O=C1CCCCC1[S+](C1CCCCC1)C1CCCCC1. The molecule has 0 bridgehead atoms. The molecule has 0 spiro atoms. The molecule has 0 saturated heterocycles.